The van der Waals surface area contributed by atoms with E-state index in [0.717, 1.165) is 25.3 Å². The summed E-state index contributed by atoms with van der Waals surface area (Å²) >= 11 is 1.52. The van der Waals surface area contributed by atoms with Gasteiger partial charge in [-0.25, -0.2) is 0 Å². The van der Waals surface area contributed by atoms with E-state index in [1.54, 1.807) is 0 Å². The quantitative estimate of drug-likeness (QED) is 0.787. The van der Waals surface area contributed by atoms with Crippen LogP contribution >= 0.6 is 11.3 Å². The average Bonchev–Trinajstić information content (AvgIpc) is 2.81. The van der Waals surface area contributed by atoms with Crippen molar-refractivity contribution in [2.45, 2.75) is 6.10 Å². The maximum absolute atomic E-state index is 11.6. The van der Waals surface area contributed by atoms with Crippen molar-refractivity contribution in [3.8, 4) is 0 Å². The van der Waals surface area contributed by atoms with Gasteiger partial charge in [-0.05, 0) is 11.4 Å². The lowest BCUT2D eigenvalue weighted by molar-refractivity contribution is 0.0287. The van der Waals surface area contributed by atoms with E-state index in [1.807, 2.05) is 16.8 Å². The Balaban J connectivity index is 1.75. The van der Waals surface area contributed by atoms with Crippen LogP contribution in [0.1, 0.15) is 10.4 Å². The number of carbonyl (C=O) groups excluding carboxylic acids is 1. The summed E-state index contributed by atoms with van der Waals surface area (Å²) in [6.07, 6.45) is 0.0985. The Bertz CT molecular complexity index is 307. The van der Waals surface area contributed by atoms with Crippen molar-refractivity contribution in [1.29, 1.82) is 0 Å². The van der Waals surface area contributed by atoms with Gasteiger partial charge in [-0.3, -0.25) is 4.79 Å². The third-order valence-corrected chi connectivity index (χ3v) is 2.96. The molecule has 0 aliphatic carbocycles. The van der Waals surface area contributed by atoms with Gasteiger partial charge in [0.2, 0.25) is 0 Å². The summed E-state index contributed by atoms with van der Waals surface area (Å²) < 4.78 is 5.47. The zero-order valence-corrected chi connectivity index (χ0v) is 9.18. The minimum Gasteiger partial charge on any atom is -0.374 e. The molecule has 2 heterocycles. The van der Waals surface area contributed by atoms with E-state index in [1.165, 1.54) is 11.3 Å². The summed E-state index contributed by atoms with van der Waals surface area (Å²) in [5, 5.41) is 9.82. The van der Waals surface area contributed by atoms with Crippen molar-refractivity contribution in [3.05, 3.63) is 22.4 Å². The zero-order valence-electron chi connectivity index (χ0n) is 8.36. The normalized spacial score (nSPS) is 21.2. The fourth-order valence-electron chi connectivity index (χ4n) is 1.45. The molecule has 15 heavy (non-hydrogen) atoms. The van der Waals surface area contributed by atoms with E-state index in [0.29, 0.717) is 6.54 Å². The van der Waals surface area contributed by atoms with Crippen molar-refractivity contribution in [3.63, 3.8) is 0 Å². The van der Waals surface area contributed by atoms with Crippen LogP contribution in [0.25, 0.3) is 0 Å². The van der Waals surface area contributed by atoms with Gasteiger partial charge in [0.1, 0.15) is 0 Å². The molecular formula is C10H14N2O2S. The fourth-order valence-corrected chi connectivity index (χ4v) is 2.09. The highest BCUT2D eigenvalue weighted by molar-refractivity contribution is 7.08. The smallest absolute Gasteiger partial charge is 0.252 e. The standard InChI is InChI=1S/C10H14N2O2S/c13-10(8-1-4-15-7-8)12-6-9-5-11-2-3-14-9/h1,4,7,9,11H,2-3,5-6H2,(H,12,13). The summed E-state index contributed by atoms with van der Waals surface area (Å²) in [4.78, 5) is 11.6. The molecule has 82 valence electrons. The number of hydrogen-bond acceptors (Lipinski definition) is 4. The van der Waals surface area contributed by atoms with Crippen molar-refractivity contribution < 1.29 is 9.53 Å². The number of rotatable bonds is 3. The maximum atomic E-state index is 11.6. The SMILES string of the molecule is O=C(NCC1CNCCO1)c1ccsc1. The molecule has 4 nitrogen and oxygen atoms in total. The van der Waals surface area contributed by atoms with Crippen LogP contribution in [0, 0.1) is 0 Å². The molecular weight excluding hydrogens is 212 g/mol. The molecule has 0 radical (unpaired) electrons. The Kier molecular flexibility index (Phi) is 3.71. The van der Waals surface area contributed by atoms with E-state index in [9.17, 15) is 4.79 Å². The van der Waals surface area contributed by atoms with E-state index >= 15 is 0 Å². The molecule has 1 saturated heterocycles. The molecule has 0 aromatic carbocycles. The summed E-state index contributed by atoms with van der Waals surface area (Å²) in [5.41, 5.74) is 0.726. The van der Waals surface area contributed by atoms with Crippen LogP contribution in [-0.4, -0.2) is 38.3 Å². The lowest BCUT2D eigenvalue weighted by Crippen LogP contribution is -2.45. The number of amides is 1. The summed E-state index contributed by atoms with van der Waals surface area (Å²) in [6.45, 7) is 3.00. The van der Waals surface area contributed by atoms with Crippen LogP contribution in [0.5, 0.6) is 0 Å². The fraction of sp³-hybridized carbons (Fsp3) is 0.500. The Labute approximate surface area is 92.6 Å². The molecule has 0 bridgehead atoms. The minimum absolute atomic E-state index is 0.0228. The number of ether oxygens (including phenoxy) is 1. The van der Waals surface area contributed by atoms with Gasteiger partial charge in [0.05, 0.1) is 12.7 Å². The van der Waals surface area contributed by atoms with E-state index < -0.39 is 0 Å². The second-order valence-electron chi connectivity index (χ2n) is 3.42. The Morgan fingerprint density at radius 2 is 2.67 bits per heavy atom. The highest BCUT2D eigenvalue weighted by Gasteiger charge is 2.14. The van der Waals surface area contributed by atoms with Crippen LogP contribution in [0.3, 0.4) is 0 Å². The van der Waals surface area contributed by atoms with E-state index in [2.05, 4.69) is 10.6 Å². The first-order valence-electron chi connectivity index (χ1n) is 4.99. The molecule has 1 fully saturated rings. The lowest BCUT2D eigenvalue weighted by Gasteiger charge is -2.23. The van der Waals surface area contributed by atoms with Crippen LogP contribution in [0.4, 0.5) is 0 Å². The van der Waals surface area contributed by atoms with Gasteiger partial charge >= 0.3 is 0 Å². The van der Waals surface area contributed by atoms with Crippen molar-refractivity contribution in [2.24, 2.45) is 0 Å². The predicted molar refractivity (Wildman–Crippen MR) is 59.3 cm³/mol. The third kappa shape index (κ3) is 3.02. The molecule has 1 aromatic rings. The van der Waals surface area contributed by atoms with Crippen LogP contribution in [0.15, 0.2) is 16.8 Å². The second-order valence-corrected chi connectivity index (χ2v) is 4.20. The van der Waals surface area contributed by atoms with Crippen LogP contribution in [-0.2, 0) is 4.74 Å². The van der Waals surface area contributed by atoms with Gasteiger partial charge in [0.15, 0.2) is 0 Å². The molecule has 1 aliphatic rings. The molecule has 2 rings (SSSR count). The molecule has 1 aromatic heterocycles. The lowest BCUT2D eigenvalue weighted by atomic mass is 10.3. The number of carbonyl (C=O) groups is 1. The van der Waals surface area contributed by atoms with Crippen molar-refractivity contribution >= 4 is 17.2 Å². The molecule has 2 N–H and O–H groups in total. The number of thiophene rings is 1. The second kappa shape index (κ2) is 5.25. The first kappa shape index (κ1) is 10.6. The van der Waals surface area contributed by atoms with Crippen molar-refractivity contribution in [1.82, 2.24) is 10.6 Å². The van der Waals surface area contributed by atoms with Gasteiger partial charge in [-0.15, -0.1) is 0 Å². The zero-order chi connectivity index (χ0) is 10.5. The highest BCUT2D eigenvalue weighted by atomic mass is 32.1. The van der Waals surface area contributed by atoms with Crippen LogP contribution < -0.4 is 10.6 Å². The van der Waals surface area contributed by atoms with E-state index in [-0.39, 0.29) is 12.0 Å². The predicted octanol–water partition coefficient (Wildman–Crippen LogP) is 0.466. The molecule has 0 spiro atoms. The molecule has 1 unspecified atom stereocenters. The Hall–Kier alpha value is -0.910. The molecule has 1 amide bonds. The average molecular weight is 226 g/mol. The van der Waals surface area contributed by atoms with Crippen molar-refractivity contribution in [2.75, 3.05) is 26.2 Å². The number of hydrogen-bond donors (Lipinski definition) is 2. The van der Waals surface area contributed by atoms with Gasteiger partial charge in [-0.1, -0.05) is 0 Å². The minimum atomic E-state index is -0.0228. The van der Waals surface area contributed by atoms with Gasteiger partial charge in [0, 0.05) is 30.6 Å². The molecule has 5 heteroatoms. The van der Waals surface area contributed by atoms with Crippen LogP contribution in [0.2, 0.25) is 0 Å². The summed E-state index contributed by atoms with van der Waals surface area (Å²) in [5.74, 6) is -0.0228. The monoisotopic (exact) mass is 226 g/mol. The van der Waals surface area contributed by atoms with Gasteiger partial charge in [-0.2, -0.15) is 11.3 Å². The molecule has 1 atom stereocenters. The summed E-state index contributed by atoms with van der Waals surface area (Å²) in [6, 6.07) is 1.82. The Morgan fingerprint density at radius 3 is 3.33 bits per heavy atom. The topological polar surface area (TPSA) is 50.4 Å². The first-order chi connectivity index (χ1) is 7.36. The first-order valence-corrected chi connectivity index (χ1v) is 5.93. The van der Waals surface area contributed by atoms with E-state index in [4.69, 9.17) is 4.74 Å². The maximum Gasteiger partial charge on any atom is 0.252 e. The molecule has 1 aliphatic heterocycles. The largest absolute Gasteiger partial charge is 0.374 e. The van der Waals surface area contributed by atoms with Gasteiger partial charge in [0.25, 0.3) is 5.91 Å². The highest BCUT2D eigenvalue weighted by Crippen LogP contribution is 2.05. The Morgan fingerprint density at radius 1 is 1.73 bits per heavy atom. The molecule has 0 saturated carbocycles. The third-order valence-electron chi connectivity index (χ3n) is 2.28. The van der Waals surface area contributed by atoms with Gasteiger partial charge < -0.3 is 15.4 Å². The summed E-state index contributed by atoms with van der Waals surface area (Å²) in [7, 11) is 0. The number of morpholine rings is 1. The number of nitrogens with one attached hydrogen (secondary N) is 2.